The summed E-state index contributed by atoms with van der Waals surface area (Å²) in [5.41, 5.74) is -5.80. The van der Waals surface area contributed by atoms with Crippen molar-refractivity contribution in [3.8, 4) is 11.5 Å². The number of Topliss-reactive ketones (excluding diaryl/α,β-unsaturated/α-hetero) is 2. The van der Waals surface area contributed by atoms with Gasteiger partial charge in [-0.2, -0.15) is 0 Å². The van der Waals surface area contributed by atoms with Crippen LogP contribution in [0.4, 0.5) is 0 Å². The Morgan fingerprint density at radius 1 is 0.828 bits per heavy atom. The molecule has 0 bridgehead atoms. The van der Waals surface area contributed by atoms with Crippen LogP contribution in [-0.2, 0) is 4.79 Å². The number of aromatic hydroxyl groups is 2. The summed E-state index contributed by atoms with van der Waals surface area (Å²) in [5.74, 6) is -6.40. The number of phenols is 2. The predicted molar refractivity (Wildman–Crippen MR) is 99.7 cm³/mol. The van der Waals surface area contributed by atoms with Crippen LogP contribution in [0, 0.1) is 5.92 Å². The minimum Gasteiger partial charge on any atom is -0.507 e. The summed E-state index contributed by atoms with van der Waals surface area (Å²) >= 11 is 0. The van der Waals surface area contributed by atoms with E-state index in [1.54, 1.807) is 0 Å². The first-order valence-corrected chi connectivity index (χ1v) is 8.62. The molecule has 0 saturated heterocycles. The molecule has 3 unspecified atom stereocenters. The van der Waals surface area contributed by atoms with E-state index in [0.29, 0.717) is 0 Å². The number of carbonyl (C=O) groups excluding carboxylic acids is 2. The van der Waals surface area contributed by atoms with Gasteiger partial charge in [-0.05, 0) is 30.3 Å². The van der Waals surface area contributed by atoms with Gasteiger partial charge in [0.25, 0.3) is 0 Å². The fourth-order valence-electron chi connectivity index (χ4n) is 3.46. The summed E-state index contributed by atoms with van der Waals surface area (Å²) in [6.45, 7) is 0. The third kappa shape index (κ3) is 3.39. The SMILES string of the molecule is O=C(O)C1C=CC(O)(C(=O)c2ccccc2O)CC1(O)C(=O)c1ccccc1O. The van der Waals surface area contributed by atoms with E-state index in [1.165, 1.54) is 48.5 Å². The van der Waals surface area contributed by atoms with Gasteiger partial charge in [-0.1, -0.05) is 30.3 Å². The van der Waals surface area contributed by atoms with Crippen molar-refractivity contribution in [2.75, 3.05) is 0 Å². The van der Waals surface area contributed by atoms with E-state index in [9.17, 15) is 39.9 Å². The molecule has 8 heteroatoms. The predicted octanol–water partition coefficient (Wildman–Crippen LogP) is 1.29. The van der Waals surface area contributed by atoms with Gasteiger partial charge in [0.15, 0.2) is 5.78 Å². The van der Waals surface area contributed by atoms with Crippen molar-refractivity contribution in [3.05, 3.63) is 71.8 Å². The topological polar surface area (TPSA) is 152 Å². The lowest BCUT2D eigenvalue weighted by Gasteiger charge is -2.40. The van der Waals surface area contributed by atoms with Crippen LogP contribution in [0.15, 0.2) is 60.7 Å². The third-order valence-electron chi connectivity index (χ3n) is 4.97. The van der Waals surface area contributed by atoms with E-state index in [-0.39, 0.29) is 11.1 Å². The molecule has 0 heterocycles. The lowest BCUT2D eigenvalue weighted by Crippen LogP contribution is -2.58. The first-order chi connectivity index (χ1) is 13.6. The van der Waals surface area contributed by atoms with Gasteiger partial charge in [-0.15, -0.1) is 0 Å². The highest BCUT2D eigenvalue weighted by molar-refractivity contribution is 6.10. The lowest BCUT2D eigenvalue weighted by molar-refractivity contribution is -0.149. The normalized spacial score (nSPS) is 26.1. The van der Waals surface area contributed by atoms with Gasteiger partial charge in [0, 0.05) is 6.42 Å². The van der Waals surface area contributed by atoms with E-state index >= 15 is 0 Å². The molecule has 0 aliphatic heterocycles. The number of para-hydroxylation sites is 2. The van der Waals surface area contributed by atoms with Crippen molar-refractivity contribution in [2.45, 2.75) is 17.6 Å². The zero-order valence-corrected chi connectivity index (χ0v) is 15.0. The average molecular weight is 398 g/mol. The first kappa shape index (κ1) is 20.2. The largest absolute Gasteiger partial charge is 0.507 e. The number of benzene rings is 2. The number of carboxylic acids is 1. The van der Waals surface area contributed by atoms with Crippen molar-refractivity contribution in [2.24, 2.45) is 5.92 Å². The summed E-state index contributed by atoms with van der Waals surface area (Å²) in [4.78, 5) is 37.5. The van der Waals surface area contributed by atoms with Gasteiger partial charge in [-0.25, -0.2) is 0 Å². The zero-order valence-electron chi connectivity index (χ0n) is 15.0. The Morgan fingerprint density at radius 3 is 1.79 bits per heavy atom. The van der Waals surface area contributed by atoms with Crippen molar-refractivity contribution < 1.29 is 39.9 Å². The number of carbonyl (C=O) groups is 3. The van der Waals surface area contributed by atoms with E-state index in [1.807, 2.05) is 0 Å². The number of aliphatic hydroxyl groups is 2. The Labute approximate surface area is 165 Å². The van der Waals surface area contributed by atoms with Crippen LogP contribution in [0.3, 0.4) is 0 Å². The lowest BCUT2D eigenvalue weighted by atomic mass is 9.67. The molecule has 2 aromatic carbocycles. The number of hydrogen-bond acceptors (Lipinski definition) is 7. The Morgan fingerprint density at radius 2 is 1.31 bits per heavy atom. The second kappa shape index (κ2) is 7.16. The van der Waals surface area contributed by atoms with E-state index in [0.717, 1.165) is 12.2 Å². The molecule has 150 valence electrons. The minimum atomic E-state index is -2.73. The molecule has 0 radical (unpaired) electrons. The van der Waals surface area contributed by atoms with Gasteiger partial charge in [0.1, 0.15) is 28.6 Å². The monoisotopic (exact) mass is 398 g/mol. The zero-order chi connectivity index (χ0) is 21.4. The molecule has 1 aliphatic rings. The van der Waals surface area contributed by atoms with Crippen molar-refractivity contribution in [1.82, 2.24) is 0 Å². The first-order valence-electron chi connectivity index (χ1n) is 8.62. The van der Waals surface area contributed by atoms with Crippen molar-refractivity contribution in [1.29, 1.82) is 0 Å². The van der Waals surface area contributed by atoms with Crippen molar-refractivity contribution >= 4 is 17.5 Å². The fraction of sp³-hybridized carbons (Fsp3) is 0.190. The molecular weight excluding hydrogens is 380 g/mol. The highest BCUT2D eigenvalue weighted by atomic mass is 16.4. The summed E-state index contributed by atoms with van der Waals surface area (Å²) < 4.78 is 0. The molecule has 0 saturated carbocycles. The van der Waals surface area contributed by atoms with Gasteiger partial charge in [0.2, 0.25) is 5.78 Å². The summed E-state index contributed by atoms with van der Waals surface area (Å²) in [5, 5.41) is 51.3. The molecule has 0 spiro atoms. The molecule has 0 amide bonds. The minimum absolute atomic E-state index is 0.259. The summed E-state index contributed by atoms with van der Waals surface area (Å²) in [6, 6.07) is 10.6. The number of carboxylic acid groups (broad SMARTS) is 1. The molecule has 0 fully saturated rings. The maximum atomic E-state index is 13.0. The van der Waals surface area contributed by atoms with Gasteiger partial charge in [-0.3, -0.25) is 14.4 Å². The number of ketones is 2. The molecule has 2 aromatic rings. The molecule has 5 N–H and O–H groups in total. The Kier molecular flexibility index (Phi) is 5.00. The standard InChI is InChI=1S/C21H18O8/c22-15-7-3-1-5-12(15)17(24)20(28)10-9-14(19(26)27)21(29,11-20)18(25)13-6-2-4-8-16(13)23/h1-10,14,22-23,28-29H,11H2,(H,26,27). The highest BCUT2D eigenvalue weighted by Crippen LogP contribution is 2.41. The van der Waals surface area contributed by atoms with Crippen LogP contribution < -0.4 is 0 Å². The second-order valence-electron chi connectivity index (χ2n) is 6.89. The third-order valence-corrected chi connectivity index (χ3v) is 4.97. The van der Waals surface area contributed by atoms with Crippen LogP contribution >= 0.6 is 0 Å². The van der Waals surface area contributed by atoms with E-state index in [2.05, 4.69) is 0 Å². The maximum absolute atomic E-state index is 13.0. The molecular formula is C21H18O8. The van der Waals surface area contributed by atoms with Crippen molar-refractivity contribution in [3.63, 3.8) is 0 Å². The number of rotatable bonds is 5. The summed E-state index contributed by atoms with van der Waals surface area (Å²) in [7, 11) is 0. The molecule has 8 nitrogen and oxygen atoms in total. The van der Waals surface area contributed by atoms with E-state index in [4.69, 9.17) is 0 Å². The van der Waals surface area contributed by atoms with E-state index < -0.39 is 52.6 Å². The number of phenolic OH excluding ortho intramolecular Hbond substituents is 2. The molecule has 3 rings (SSSR count). The molecule has 3 atom stereocenters. The van der Waals surface area contributed by atoms with Crippen LogP contribution in [0.2, 0.25) is 0 Å². The second-order valence-corrected chi connectivity index (χ2v) is 6.89. The number of aliphatic carboxylic acids is 1. The Balaban J connectivity index is 2.09. The average Bonchev–Trinajstić information content (AvgIpc) is 2.67. The van der Waals surface area contributed by atoms with Crippen LogP contribution in [0.5, 0.6) is 11.5 Å². The fourth-order valence-corrected chi connectivity index (χ4v) is 3.46. The van der Waals surface area contributed by atoms with Crippen LogP contribution in [0.1, 0.15) is 27.1 Å². The van der Waals surface area contributed by atoms with Crippen LogP contribution in [-0.4, -0.2) is 54.3 Å². The van der Waals surface area contributed by atoms with Gasteiger partial charge in [0.05, 0.1) is 11.1 Å². The van der Waals surface area contributed by atoms with Gasteiger partial charge >= 0.3 is 5.97 Å². The maximum Gasteiger partial charge on any atom is 0.313 e. The molecule has 29 heavy (non-hydrogen) atoms. The molecule has 0 aromatic heterocycles. The Hall–Kier alpha value is -3.49. The van der Waals surface area contributed by atoms with Gasteiger partial charge < -0.3 is 25.5 Å². The quantitative estimate of drug-likeness (QED) is 0.373. The number of hydrogen-bond donors (Lipinski definition) is 5. The summed E-state index contributed by atoms with van der Waals surface area (Å²) in [6.07, 6.45) is 0.780. The smallest absolute Gasteiger partial charge is 0.313 e. The van der Waals surface area contributed by atoms with Crippen LogP contribution in [0.25, 0.3) is 0 Å². The highest BCUT2D eigenvalue weighted by Gasteiger charge is 2.56. The molecule has 1 aliphatic carbocycles. The Bertz CT molecular complexity index is 1030.